The van der Waals surface area contributed by atoms with Gasteiger partial charge in [0.25, 0.3) is 11.8 Å². The summed E-state index contributed by atoms with van der Waals surface area (Å²) in [6.07, 6.45) is 2.20. The van der Waals surface area contributed by atoms with Crippen molar-refractivity contribution < 1.29 is 23.9 Å². The minimum atomic E-state index is -0.431. The number of carbonyl (C=O) groups excluding carboxylic acids is 4. The number of halogens is 1. The van der Waals surface area contributed by atoms with Gasteiger partial charge in [-0.05, 0) is 55.0 Å². The van der Waals surface area contributed by atoms with E-state index < -0.39 is 11.8 Å². The number of methoxy groups -OCH3 is 1. The summed E-state index contributed by atoms with van der Waals surface area (Å²) < 4.78 is 5.14. The SMILES string of the molecule is COc1ccc(NC(=O)C2CC23CCN(C(=O)CN2C(=O)c4ccccc4C2=O)CC3)cc1Cl. The molecule has 2 heterocycles. The zero-order valence-electron chi connectivity index (χ0n) is 18.7. The Balaban J connectivity index is 1.15. The zero-order chi connectivity index (χ0) is 24.0. The fraction of sp³-hybridized carbons (Fsp3) is 0.360. The number of anilines is 1. The Morgan fingerprint density at radius 2 is 1.74 bits per heavy atom. The molecule has 176 valence electrons. The molecular weight excluding hydrogens is 458 g/mol. The minimum absolute atomic E-state index is 0.0490. The number of fused-ring (bicyclic) bond motifs is 1. The van der Waals surface area contributed by atoms with Crippen molar-refractivity contribution in [3.05, 3.63) is 58.6 Å². The van der Waals surface area contributed by atoms with E-state index in [1.54, 1.807) is 47.4 Å². The first-order chi connectivity index (χ1) is 16.3. The number of hydrogen-bond donors (Lipinski definition) is 1. The molecule has 1 atom stereocenters. The van der Waals surface area contributed by atoms with Gasteiger partial charge in [-0.25, -0.2) is 0 Å². The van der Waals surface area contributed by atoms with Gasteiger partial charge in [0.1, 0.15) is 12.3 Å². The van der Waals surface area contributed by atoms with E-state index in [1.165, 1.54) is 7.11 Å². The maximum atomic E-state index is 12.8. The number of nitrogens with one attached hydrogen (secondary N) is 1. The van der Waals surface area contributed by atoms with Crippen molar-refractivity contribution in [2.45, 2.75) is 19.3 Å². The Morgan fingerprint density at radius 1 is 1.09 bits per heavy atom. The number of hydrogen-bond acceptors (Lipinski definition) is 5. The van der Waals surface area contributed by atoms with Crippen LogP contribution in [0.25, 0.3) is 0 Å². The number of benzene rings is 2. The highest BCUT2D eigenvalue weighted by Gasteiger charge is 2.58. The molecule has 2 aliphatic heterocycles. The van der Waals surface area contributed by atoms with E-state index in [2.05, 4.69) is 5.32 Å². The predicted octanol–water partition coefficient (Wildman–Crippen LogP) is 3.21. The summed E-state index contributed by atoms with van der Waals surface area (Å²) in [7, 11) is 1.53. The Bertz CT molecular complexity index is 1170. The largest absolute Gasteiger partial charge is 0.495 e. The number of carbonyl (C=O) groups is 4. The Kier molecular flexibility index (Phi) is 5.56. The van der Waals surface area contributed by atoms with Crippen molar-refractivity contribution in [2.24, 2.45) is 11.3 Å². The molecule has 2 aromatic carbocycles. The minimum Gasteiger partial charge on any atom is -0.495 e. The highest BCUT2D eigenvalue weighted by molar-refractivity contribution is 6.32. The topological polar surface area (TPSA) is 96.0 Å². The fourth-order valence-corrected chi connectivity index (χ4v) is 5.32. The fourth-order valence-electron chi connectivity index (χ4n) is 5.06. The summed E-state index contributed by atoms with van der Waals surface area (Å²) in [4.78, 5) is 53.4. The van der Waals surface area contributed by atoms with Crippen molar-refractivity contribution in [2.75, 3.05) is 32.1 Å². The van der Waals surface area contributed by atoms with Gasteiger partial charge in [-0.15, -0.1) is 0 Å². The van der Waals surface area contributed by atoms with Gasteiger partial charge in [0, 0.05) is 24.7 Å². The lowest BCUT2D eigenvalue weighted by molar-refractivity contribution is -0.133. The number of piperidine rings is 1. The first-order valence-electron chi connectivity index (χ1n) is 11.2. The number of nitrogens with zero attached hydrogens (tertiary/aromatic N) is 2. The number of ether oxygens (including phenoxy) is 1. The molecule has 9 heteroatoms. The molecule has 0 radical (unpaired) electrons. The summed E-state index contributed by atoms with van der Waals surface area (Å²) >= 11 is 6.14. The smallest absolute Gasteiger partial charge is 0.262 e. The van der Waals surface area contributed by atoms with Crippen LogP contribution in [-0.4, -0.2) is 60.2 Å². The molecular formula is C25H24ClN3O5. The molecule has 34 heavy (non-hydrogen) atoms. The van der Waals surface area contributed by atoms with Crippen LogP contribution in [-0.2, 0) is 9.59 Å². The van der Waals surface area contributed by atoms with E-state index in [0.717, 1.165) is 11.3 Å². The van der Waals surface area contributed by atoms with E-state index in [1.807, 2.05) is 0 Å². The van der Waals surface area contributed by atoms with Crippen molar-refractivity contribution in [3.63, 3.8) is 0 Å². The third kappa shape index (κ3) is 3.81. The van der Waals surface area contributed by atoms with Crippen LogP contribution in [0.4, 0.5) is 5.69 Å². The highest BCUT2D eigenvalue weighted by Crippen LogP contribution is 2.59. The molecule has 0 bridgehead atoms. The monoisotopic (exact) mass is 481 g/mol. The van der Waals surface area contributed by atoms with E-state index in [4.69, 9.17) is 16.3 Å². The summed E-state index contributed by atoms with van der Waals surface area (Å²) in [5, 5.41) is 3.35. The van der Waals surface area contributed by atoms with E-state index in [9.17, 15) is 19.2 Å². The van der Waals surface area contributed by atoms with E-state index in [0.29, 0.717) is 53.5 Å². The van der Waals surface area contributed by atoms with Crippen LogP contribution in [0.15, 0.2) is 42.5 Å². The zero-order valence-corrected chi connectivity index (χ0v) is 19.4. The Labute approximate surface area is 201 Å². The van der Waals surface area contributed by atoms with Crippen molar-refractivity contribution >= 4 is 40.9 Å². The summed E-state index contributed by atoms with van der Waals surface area (Å²) in [6.45, 7) is 0.738. The molecule has 1 saturated carbocycles. The highest BCUT2D eigenvalue weighted by atomic mass is 35.5. The molecule has 1 spiro atoms. The van der Waals surface area contributed by atoms with E-state index in [-0.39, 0.29) is 29.7 Å². The predicted molar refractivity (Wildman–Crippen MR) is 125 cm³/mol. The molecule has 1 N–H and O–H groups in total. The van der Waals surface area contributed by atoms with Crippen LogP contribution in [0.2, 0.25) is 5.02 Å². The summed E-state index contributed by atoms with van der Waals surface area (Å²) in [5.74, 6) is -0.728. The second-order valence-corrected chi connectivity index (χ2v) is 9.49. The third-order valence-corrected chi connectivity index (χ3v) is 7.50. The van der Waals surface area contributed by atoms with Gasteiger partial charge in [0.05, 0.1) is 23.3 Å². The van der Waals surface area contributed by atoms with Crippen LogP contribution < -0.4 is 10.1 Å². The Morgan fingerprint density at radius 3 is 2.32 bits per heavy atom. The Hall–Kier alpha value is -3.39. The molecule has 1 aliphatic carbocycles. The van der Waals surface area contributed by atoms with Crippen LogP contribution in [0.3, 0.4) is 0 Å². The standard InChI is InChI=1S/C25H24ClN3O5/c1-34-20-7-6-15(12-19(20)26)27-22(31)18-13-25(18)8-10-28(11-9-25)21(30)14-29-23(32)16-4-2-3-5-17(16)24(29)33/h2-7,12,18H,8-11,13-14H2,1H3,(H,27,31). The number of rotatable bonds is 5. The number of amides is 4. The number of likely N-dealkylation sites (tertiary alicyclic amines) is 1. The van der Waals surface area contributed by atoms with Crippen LogP contribution in [0, 0.1) is 11.3 Å². The molecule has 2 aromatic rings. The molecule has 0 aromatic heterocycles. The number of imide groups is 1. The average molecular weight is 482 g/mol. The van der Waals surface area contributed by atoms with Gasteiger partial charge in [-0.1, -0.05) is 23.7 Å². The molecule has 8 nitrogen and oxygen atoms in total. The maximum Gasteiger partial charge on any atom is 0.262 e. The summed E-state index contributed by atoms with van der Waals surface area (Å²) in [6, 6.07) is 11.7. The van der Waals surface area contributed by atoms with Gasteiger partial charge in [-0.3, -0.25) is 24.1 Å². The van der Waals surface area contributed by atoms with Gasteiger partial charge < -0.3 is 15.0 Å². The molecule has 4 amide bonds. The first-order valence-corrected chi connectivity index (χ1v) is 11.6. The first kappa shape index (κ1) is 22.4. The van der Waals surface area contributed by atoms with Gasteiger partial charge >= 0.3 is 0 Å². The lowest BCUT2D eigenvalue weighted by atomic mass is 9.90. The third-order valence-electron chi connectivity index (χ3n) is 7.21. The maximum absolute atomic E-state index is 12.8. The van der Waals surface area contributed by atoms with Crippen molar-refractivity contribution in [1.82, 2.24) is 9.80 Å². The molecule has 1 saturated heterocycles. The molecule has 2 fully saturated rings. The van der Waals surface area contributed by atoms with Crippen LogP contribution >= 0.6 is 11.6 Å². The summed E-state index contributed by atoms with van der Waals surface area (Å²) in [5.41, 5.74) is 1.18. The second-order valence-electron chi connectivity index (χ2n) is 9.08. The average Bonchev–Trinajstić information content (AvgIpc) is 3.49. The van der Waals surface area contributed by atoms with Crippen LogP contribution in [0.1, 0.15) is 40.0 Å². The second kappa shape index (κ2) is 8.43. The van der Waals surface area contributed by atoms with Crippen LogP contribution in [0.5, 0.6) is 5.75 Å². The normalized spacial score (nSPS) is 20.4. The quantitative estimate of drug-likeness (QED) is 0.661. The molecule has 3 aliphatic rings. The lowest BCUT2D eigenvalue weighted by Crippen LogP contribution is -2.46. The van der Waals surface area contributed by atoms with Gasteiger partial charge in [-0.2, -0.15) is 0 Å². The van der Waals surface area contributed by atoms with Crippen molar-refractivity contribution in [3.8, 4) is 5.75 Å². The molecule has 5 rings (SSSR count). The van der Waals surface area contributed by atoms with Gasteiger partial charge in [0.15, 0.2) is 0 Å². The molecule has 1 unspecified atom stereocenters. The lowest BCUT2D eigenvalue weighted by Gasteiger charge is -2.33. The van der Waals surface area contributed by atoms with E-state index >= 15 is 0 Å². The van der Waals surface area contributed by atoms with Crippen molar-refractivity contribution in [1.29, 1.82) is 0 Å². The van der Waals surface area contributed by atoms with Gasteiger partial charge in [0.2, 0.25) is 11.8 Å².